The average Bonchev–Trinajstić information content (AvgIpc) is 3.59. The van der Waals surface area contributed by atoms with Crippen LogP contribution in [-0.4, -0.2) is 16.2 Å². The van der Waals surface area contributed by atoms with E-state index in [1.807, 2.05) is 66.1 Å². The van der Waals surface area contributed by atoms with Gasteiger partial charge in [0.25, 0.3) is 0 Å². The van der Waals surface area contributed by atoms with Crippen molar-refractivity contribution < 1.29 is 10.2 Å². The van der Waals surface area contributed by atoms with Crippen molar-refractivity contribution in [3.05, 3.63) is 114 Å². The number of ether oxygens (including phenoxy) is 1. The van der Waals surface area contributed by atoms with E-state index in [1.165, 1.54) is 0 Å². The highest BCUT2D eigenvalue weighted by atomic mass is 16.5. The molecular formula is C35H32N4O. The zero-order valence-corrected chi connectivity index (χ0v) is 23.0. The predicted octanol–water partition coefficient (Wildman–Crippen LogP) is 9.10. The Balaban J connectivity index is 1.40. The molecule has 7 rings (SSSR count). The highest BCUT2D eigenvalue weighted by Gasteiger charge is 2.21. The third-order valence-electron chi connectivity index (χ3n) is 7.55. The number of aryl methyl sites for hydroxylation is 1. The molecule has 4 aromatic carbocycles. The number of rotatable bonds is 4. The van der Waals surface area contributed by atoms with E-state index in [0.29, 0.717) is 45.8 Å². The number of hydrogen-bond donors (Lipinski definition) is 1. The third kappa shape index (κ3) is 4.06. The molecule has 0 spiro atoms. The minimum absolute atomic E-state index is 0.0755. The smallest absolute Gasteiger partial charge is 0.137 e. The molecule has 1 aliphatic rings. The summed E-state index contributed by atoms with van der Waals surface area (Å²) in [7, 11) is 0. The fraction of sp³-hybridized carbons (Fsp3) is 0.171. The second-order valence-electron chi connectivity index (χ2n) is 11.2. The first kappa shape index (κ1) is 20.2. The number of benzene rings is 4. The first-order valence-electron chi connectivity index (χ1n) is 15.4. The van der Waals surface area contributed by atoms with Crippen LogP contribution in [0.3, 0.4) is 0 Å². The van der Waals surface area contributed by atoms with Gasteiger partial charge in [0.2, 0.25) is 0 Å². The zero-order chi connectivity index (χ0) is 30.9. The molecular weight excluding hydrogens is 492 g/mol. The highest BCUT2D eigenvalue weighted by molar-refractivity contribution is 6.09. The van der Waals surface area contributed by atoms with Gasteiger partial charge in [0, 0.05) is 34.8 Å². The van der Waals surface area contributed by atoms with Crippen LogP contribution in [0.4, 0.5) is 17.1 Å². The van der Waals surface area contributed by atoms with E-state index in [9.17, 15) is 0 Å². The summed E-state index contributed by atoms with van der Waals surface area (Å²) in [5, 5.41) is 4.59. The zero-order valence-electron chi connectivity index (χ0n) is 27.0. The molecule has 0 radical (unpaired) electrons. The van der Waals surface area contributed by atoms with Crippen LogP contribution < -0.4 is 15.0 Å². The maximum atomic E-state index is 8.86. The van der Waals surface area contributed by atoms with E-state index >= 15 is 0 Å². The van der Waals surface area contributed by atoms with Gasteiger partial charge in [-0.05, 0) is 72.0 Å². The molecule has 1 N–H and O–H groups in total. The van der Waals surface area contributed by atoms with Gasteiger partial charge in [-0.25, -0.2) is 4.98 Å². The van der Waals surface area contributed by atoms with Gasteiger partial charge < -0.3 is 15.0 Å². The predicted molar refractivity (Wildman–Crippen MR) is 166 cm³/mol. The Labute approximate surface area is 240 Å². The molecule has 5 nitrogen and oxygen atoms in total. The molecule has 2 aromatic heterocycles. The van der Waals surface area contributed by atoms with Crippen LogP contribution in [-0.2, 0) is 5.41 Å². The van der Waals surface area contributed by atoms with Crippen LogP contribution in [0.5, 0.6) is 11.5 Å². The van der Waals surface area contributed by atoms with E-state index in [0.717, 1.165) is 28.2 Å². The van der Waals surface area contributed by atoms with Crippen LogP contribution in [0.1, 0.15) is 37.4 Å². The second kappa shape index (κ2) is 9.16. The lowest BCUT2D eigenvalue weighted by molar-refractivity contribution is 0.479. The van der Waals surface area contributed by atoms with E-state index < -0.39 is 0 Å². The van der Waals surface area contributed by atoms with Crippen LogP contribution in [0.25, 0.3) is 27.6 Å². The maximum Gasteiger partial charge on any atom is 0.137 e. The fourth-order valence-corrected chi connectivity index (χ4v) is 5.34. The Morgan fingerprint density at radius 2 is 1.75 bits per heavy atom. The van der Waals surface area contributed by atoms with Crippen LogP contribution in [0.15, 0.2) is 103 Å². The molecule has 3 heterocycles. The van der Waals surface area contributed by atoms with Crippen LogP contribution in [0, 0.1) is 6.92 Å². The SMILES string of the molecule is [2H]c1c([2H])c([2H])c2c(c1[2H])c1ccc(Oc3cc(N4CNc5ccccc54)ccc3C)cc1n2-c1cc(C(C)(C)C)ccn1. The molecule has 1 aliphatic heterocycles. The van der Waals surface area contributed by atoms with Crippen molar-refractivity contribution in [2.24, 2.45) is 0 Å². The van der Waals surface area contributed by atoms with Crippen molar-refractivity contribution in [3.63, 3.8) is 0 Å². The minimum Gasteiger partial charge on any atom is -0.457 e. The summed E-state index contributed by atoms with van der Waals surface area (Å²) in [5.74, 6) is 1.88. The van der Waals surface area contributed by atoms with Crippen molar-refractivity contribution in [1.29, 1.82) is 0 Å². The highest BCUT2D eigenvalue weighted by Crippen LogP contribution is 2.40. The second-order valence-corrected chi connectivity index (χ2v) is 11.2. The van der Waals surface area contributed by atoms with Gasteiger partial charge in [0.05, 0.1) is 34.6 Å². The number of anilines is 3. The molecule has 0 fully saturated rings. The molecule has 0 amide bonds. The standard InChI is InChI=1S/C35H32N4O/c1-23-13-14-25(38-22-37-29-10-6-8-12-31(29)38)20-33(23)40-26-15-16-28-27-9-5-7-11-30(27)39(32(28)21-26)34-19-24(17-18-36-34)35(2,3)4/h5-21,37H,22H2,1-4H3/i5D,7D,9D,11D. The van der Waals surface area contributed by atoms with Crippen molar-refractivity contribution in [3.8, 4) is 17.3 Å². The largest absolute Gasteiger partial charge is 0.457 e. The summed E-state index contributed by atoms with van der Waals surface area (Å²) in [6.07, 6.45) is 1.75. The molecule has 0 bridgehead atoms. The van der Waals surface area contributed by atoms with Gasteiger partial charge in [-0.2, -0.15) is 0 Å². The Morgan fingerprint density at radius 1 is 0.900 bits per heavy atom. The maximum absolute atomic E-state index is 8.86. The summed E-state index contributed by atoms with van der Waals surface area (Å²) in [6.45, 7) is 9.06. The molecule has 5 heteroatoms. The molecule has 0 saturated carbocycles. The molecule has 0 atom stereocenters. The average molecular weight is 529 g/mol. The number of pyridine rings is 1. The number of hydrogen-bond acceptors (Lipinski definition) is 4. The molecule has 0 aliphatic carbocycles. The Morgan fingerprint density at radius 3 is 2.62 bits per heavy atom. The first-order valence-corrected chi connectivity index (χ1v) is 13.4. The Kier molecular flexibility index (Phi) is 4.62. The number of nitrogens with one attached hydrogen (secondary N) is 1. The van der Waals surface area contributed by atoms with Gasteiger partial charge in [0.1, 0.15) is 17.3 Å². The summed E-state index contributed by atoms with van der Waals surface area (Å²) >= 11 is 0. The van der Waals surface area contributed by atoms with Crippen molar-refractivity contribution in [2.75, 3.05) is 16.9 Å². The summed E-state index contributed by atoms with van der Waals surface area (Å²) in [4.78, 5) is 6.89. The lowest BCUT2D eigenvalue weighted by Crippen LogP contribution is -2.16. The molecule has 198 valence electrons. The normalized spacial score (nSPS) is 14.4. The first-order chi connectivity index (χ1) is 21.0. The molecule has 40 heavy (non-hydrogen) atoms. The Bertz CT molecular complexity index is 2120. The van der Waals surface area contributed by atoms with E-state index in [4.69, 9.17) is 10.2 Å². The van der Waals surface area contributed by atoms with E-state index in [1.54, 1.807) is 6.20 Å². The summed E-state index contributed by atoms with van der Waals surface area (Å²) in [5.41, 5.74) is 6.19. The van der Waals surface area contributed by atoms with Crippen molar-refractivity contribution in [2.45, 2.75) is 33.1 Å². The van der Waals surface area contributed by atoms with Crippen LogP contribution >= 0.6 is 0 Å². The van der Waals surface area contributed by atoms with E-state index in [-0.39, 0.29) is 29.6 Å². The monoisotopic (exact) mass is 528 g/mol. The van der Waals surface area contributed by atoms with Gasteiger partial charge in [-0.15, -0.1) is 0 Å². The molecule has 0 saturated heterocycles. The summed E-state index contributed by atoms with van der Waals surface area (Å²) in [6, 6.07) is 23.3. The van der Waals surface area contributed by atoms with Gasteiger partial charge in [-0.1, -0.05) is 57.1 Å². The van der Waals surface area contributed by atoms with Gasteiger partial charge in [-0.3, -0.25) is 4.57 Å². The number of fused-ring (bicyclic) bond motifs is 4. The lowest BCUT2D eigenvalue weighted by atomic mass is 9.88. The topological polar surface area (TPSA) is 42.3 Å². The van der Waals surface area contributed by atoms with Gasteiger partial charge >= 0.3 is 0 Å². The molecule has 0 unspecified atom stereocenters. The fourth-order valence-electron chi connectivity index (χ4n) is 5.34. The van der Waals surface area contributed by atoms with Crippen molar-refractivity contribution in [1.82, 2.24) is 9.55 Å². The quantitative estimate of drug-likeness (QED) is 0.248. The van der Waals surface area contributed by atoms with Gasteiger partial charge in [0.15, 0.2) is 0 Å². The van der Waals surface area contributed by atoms with E-state index in [2.05, 4.69) is 54.2 Å². The number of para-hydroxylation sites is 3. The van der Waals surface area contributed by atoms with Crippen molar-refractivity contribution >= 4 is 38.9 Å². The molecule has 6 aromatic rings. The number of aromatic nitrogens is 2. The van der Waals surface area contributed by atoms with Crippen LogP contribution in [0.2, 0.25) is 0 Å². The third-order valence-corrected chi connectivity index (χ3v) is 7.55. The minimum atomic E-state index is -0.277. The number of nitrogens with zero attached hydrogens (tertiary/aromatic N) is 3. The lowest BCUT2D eigenvalue weighted by Gasteiger charge is -2.20. The Hall–Kier alpha value is -4.77. The summed E-state index contributed by atoms with van der Waals surface area (Å²) < 4.78 is 42.8.